The van der Waals surface area contributed by atoms with Crippen molar-refractivity contribution in [1.29, 1.82) is 0 Å². The van der Waals surface area contributed by atoms with Gasteiger partial charge in [-0.05, 0) is 12.1 Å². The third-order valence-corrected chi connectivity index (χ3v) is 2.49. The standard InChI is InChI=1S/C9H8N3O3P/c13-8-5-12(9(14)10-8)7-4-2-1-3-6(7)11-16-15/h1-4H,5H2,(H,11,15)(H,10,13,14). The smallest absolute Gasteiger partial charge is 0.303 e. The van der Waals surface area contributed by atoms with Crippen LogP contribution >= 0.6 is 8.61 Å². The number of hydrogen-bond acceptors (Lipinski definition) is 3. The Bertz CT molecular complexity index is 463. The fourth-order valence-corrected chi connectivity index (χ4v) is 1.78. The topological polar surface area (TPSA) is 78.5 Å². The molecule has 1 heterocycles. The molecule has 2 N–H and O–H groups in total. The zero-order valence-electron chi connectivity index (χ0n) is 8.14. The van der Waals surface area contributed by atoms with Crippen molar-refractivity contribution in [3.8, 4) is 0 Å². The van der Waals surface area contributed by atoms with Crippen molar-refractivity contribution in [2.24, 2.45) is 0 Å². The SMILES string of the molecule is O=PNc1ccccc1N1CC(=O)NC1=O. The Balaban J connectivity index is 2.36. The van der Waals surface area contributed by atoms with Crippen LogP contribution in [0.15, 0.2) is 24.3 Å². The van der Waals surface area contributed by atoms with Crippen molar-refractivity contribution < 1.29 is 14.2 Å². The van der Waals surface area contributed by atoms with Crippen molar-refractivity contribution in [2.75, 3.05) is 16.5 Å². The molecule has 2 rings (SSSR count). The monoisotopic (exact) mass is 237 g/mol. The number of rotatable bonds is 3. The highest BCUT2D eigenvalue weighted by Crippen LogP contribution is 2.28. The molecule has 1 fully saturated rings. The van der Waals surface area contributed by atoms with Crippen LogP contribution in [-0.2, 0) is 9.36 Å². The molecule has 7 heteroatoms. The molecule has 0 aliphatic carbocycles. The van der Waals surface area contributed by atoms with Gasteiger partial charge in [-0.3, -0.25) is 15.0 Å². The van der Waals surface area contributed by atoms with Gasteiger partial charge in [-0.1, -0.05) is 12.1 Å². The van der Waals surface area contributed by atoms with Gasteiger partial charge in [0.25, 0.3) is 8.61 Å². The number of benzene rings is 1. The first-order valence-electron chi connectivity index (χ1n) is 4.51. The van der Waals surface area contributed by atoms with Gasteiger partial charge in [0.15, 0.2) is 0 Å². The summed E-state index contributed by atoms with van der Waals surface area (Å²) in [5, 5.41) is 4.75. The van der Waals surface area contributed by atoms with Gasteiger partial charge in [0.05, 0.1) is 11.4 Å². The minimum absolute atomic E-state index is 0.0206. The van der Waals surface area contributed by atoms with Gasteiger partial charge >= 0.3 is 6.03 Å². The van der Waals surface area contributed by atoms with Gasteiger partial charge in [-0.2, -0.15) is 0 Å². The molecule has 0 aromatic heterocycles. The van der Waals surface area contributed by atoms with Crippen molar-refractivity contribution in [1.82, 2.24) is 5.32 Å². The van der Waals surface area contributed by atoms with Crippen LogP contribution in [0.3, 0.4) is 0 Å². The highest BCUT2D eigenvalue weighted by atomic mass is 31.1. The Morgan fingerprint density at radius 2 is 2.06 bits per heavy atom. The molecule has 16 heavy (non-hydrogen) atoms. The zero-order valence-corrected chi connectivity index (χ0v) is 9.03. The molecule has 1 aliphatic rings. The molecular weight excluding hydrogens is 229 g/mol. The van der Waals surface area contributed by atoms with E-state index in [-0.39, 0.29) is 21.1 Å². The van der Waals surface area contributed by atoms with E-state index < -0.39 is 6.03 Å². The third kappa shape index (κ3) is 1.87. The number of nitrogens with zero attached hydrogens (tertiary/aromatic N) is 1. The lowest BCUT2D eigenvalue weighted by atomic mass is 10.2. The average Bonchev–Trinajstić information content (AvgIpc) is 2.59. The van der Waals surface area contributed by atoms with Gasteiger partial charge in [0.1, 0.15) is 6.54 Å². The first kappa shape index (κ1) is 10.6. The second-order valence-corrected chi connectivity index (χ2v) is 3.57. The summed E-state index contributed by atoms with van der Waals surface area (Å²) in [4.78, 5) is 23.8. The van der Waals surface area contributed by atoms with E-state index in [2.05, 4.69) is 10.4 Å². The van der Waals surface area contributed by atoms with E-state index in [1.165, 1.54) is 4.90 Å². The van der Waals surface area contributed by atoms with Crippen molar-refractivity contribution >= 4 is 31.9 Å². The average molecular weight is 237 g/mol. The van der Waals surface area contributed by atoms with E-state index in [0.29, 0.717) is 11.4 Å². The number of hydrogen-bond donors (Lipinski definition) is 2. The highest BCUT2D eigenvalue weighted by molar-refractivity contribution is 7.25. The van der Waals surface area contributed by atoms with Crippen LogP contribution in [0, 0.1) is 0 Å². The van der Waals surface area contributed by atoms with Crippen LogP contribution in [0.25, 0.3) is 0 Å². The van der Waals surface area contributed by atoms with Crippen LogP contribution < -0.4 is 15.3 Å². The summed E-state index contributed by atoms with van der Waals surface area (Å²) in [6.07, 6.45) is 0. The molecule has 1 aromatic rings. The summed E-state index contributed by atoms with van der Waals surface area (Å²) in [7, 11) is -0.262. The Hall–Kier alpha value is -1.94. The fourth-order valence-electron chi connectivity index (χ4n) is 1.49. The summed E-state index contributed by atoms with van der Waals surface area (Å²) in [5.41, 5.74) is 1.05. The molecule has 0 unspecified atom stereocenters. The van der Waals surface area contributed by atoms with Crippen LogP contribution in [0.4, 0.5) is 16.2 Å². The third-order valence-electron chi connectivity index (χ3n) is 2.15. The number of para-hydroxylation sites is 2. The zero-order chi connectivity index (χ0) is 11.5. The second kappa shape index (κ2) is 4.28. The first-order chi connectivity index (χ1) is 7.72. The lowest BCUT2D eigenvalue weighted by molar-refractivity contribution is -0.117. The van der Waals surface area contributed by atoms with Gasteiger partial charge < -0.3 is 5.09 Å². The fraction of sp³-hybridized carbons (Fsp3) is 0.111. The number of urea groups is 1. The van der Waals surface area contributed by atoms with Gasteiger partial charge in [0, 0.05) is 0 Å². The Labute approximate surface area is 92.9 Å². The first-order valence-corrected chi connectivity index (χ1v) is 5.32. The van der Waals surface area contributed by atoms with Crippen LogP contribution in [0.2, 0.25) is 0 Å². The van der Waals surface area contributed by atoms with Crippen LogP contribution in [-0.4, -0.2) is 18.5 Å². The second-order valence-electron chi connectivity index (χ2n) is 3.16. The summed E-state index contributed by atoms with van der Waals surface area (Å²) in [6.45, 7) is -0.0206. The highest BCUT2D eigenvalue weighted by Gasteiger charge is 2.29. The molecule has 3 amide bonds. The number of anilines is 2. The molecule has 0 atom stereocenters. The molecule has 0 bridgehead atoms. The molecule has 0 radical (unpaired) electrons. The van der Waals surface area contributed by atoms with Crippen molar-refractivity contribution in [3.05, 3.63) is 24.3 Å². The molecule has 6 nitrogen and oxygen atoms in total. The summed E-state index contributed by atoms with van der Waals surface area (Å²) in [5.74, 6) is -0.348. The maximum absolute atomic E-state index is 11.4. The summed E-state index contributed by atoms with van der Waals surface area (Å²) in [6, 6.07) is 6.36. The van der Waals surface area contributed by atoms with Crippen LogP contribution in [0.1, 0.15) is 0 Å². The quantitative estimate of drug-likeness (QED) is 0.614. The maximum Gasteiger partial charge on any atom is 0.329 e. The lowest BCUT2D eigenvalue weighted by Crippen LogP contribution is -2.28. The molecule has 1 aliphatic heterocycles. The number of nitrogens with one attached hydrogen (secondary N) is 2. The number of carbonyl (C=O) groups excluding carboxylic acids is 2. The normalized spacial score (nSPS) is 15.4. The van der Waals surface area contributed by atoms with E-state index in [1.807, 2.05) is 0 Å². The maximum atomic E-state index is 11.4. The predicted molar refractivity (Wildman–Crippen MR) is 58.6 cm³/mol. The van der Waals surface area contributed by atoms with Gasteiger partial charge in [0.2, 0.25) is 5.91 Å². The van der Waals surface area contributed by atoms with E-state index in [9.17, 15) is 14.2 Å². The van der Waals surface area contributed by atoms with Crippen molar-refractivity contribution in [3.63, 3.8) is 0 Å². The van der Waals surface area contributed by atoms with Crippen LogP contribution in [0.5, 0.6) is 0 Å². The number of carbonyl (C=O) groups is 2. The van der Waals surface area contributed by atoms with E-state index in [1.54, 1.807) is 24.3 Å². The molecule has 0 spiro atoms. The minimum Gasteiger partial charge on any atom is -0.303 e. The molecule has 82 valence electrons. The van der Waals surface area contributed by atoms with E-state index >= 15 is 0 Å². The minimum atomic E-state index is -0.471. The van der Waals surface area contributed by atoms with Crippen molar-refractivity contribution in [2.45, 2.75) is 0 Å². The summed E-state index contributed by atoms with van der Waals surface area (Å²) >= 11 is 0. The largest absolute Gasteiger partial charge is 0.329 e. The predicted octanol–water partition coefficient (Wildman–Crippen LogP) is 1.36. The summed E-state index contributed by atoms with van der Waals surface area (Å²) < 4.78 is 10.5. The molecule has 1 aromatic carbocycles. The molecule has 1 saturated heterocycles. The van der Waals surface area contributed by atoms with Gasteiger partial charge in [-0.15, -0.1) is 0 Å². The van der Waals surface area contributed by atoms with E-state index in [4.69, 9.17) is 0 Å². The lowest BCUT2D eigenvalue weighted by Gasteiger charge is -2.16. The Kier molecular flexibility index (Phi) is 2.83. The van der Waals surface area contributed by atoms with E-state index in [0.717, 1.165) is 0 Å². The molecular formula is C9H8N3O3P. The number of imide groups is 1. The Morgan fingerprint density at radius 1 is 1.31 bits per heavy atom. The van der Waals surface area contributed by atoms with Gasteiger partial charge in [-0.25, -0.2) is 9.36 Å². The molecule has 0 saturated carbocycles. The number of amides is 3. The Morgan fingerprint density at radius 3 is 2.69 bits per heavy atom.